The minimum Gasteiger partial charge on any atom is -0.354 e. The Hall–Kier alpha value is -2.43. The highest BCUT2D eigenvalue weighted by molar-refractivity contribution is 5.75. The van der Waals surface area contributed by atoms with Gasteiger partial charge in [0.2, 0.25) is 5.91 Å². The van der Waals surface area contributed by atoms with Gasteiger partial charge in [0.05, 0.1) is 5.69 Å². The zero-order valence-electron chi connectivity index (χ0n) is 14.9. The zero-order valence-corrected chi connectivity index (χ0v) is 14.9. The van der Waals surface area contributed by atoms with Gasteiger partial charge in [-0.15, -0.1) is 0 Å². The summed E-state index contributed by atoms with van der Waals surface area (Å²) in [7, 11) is 0. The first-order valence-electron chi connectivity index (χ1n) is 8.96. The molecule has 25 heavy (non-hydrogen) atoms. The maximum Gasteiger partial charge on any atom is 0.267 e. The van der Waals surface area contributed by atoms with Crippen LogP contribution in [-0.4, -0.2) is 22.2 Å². The van der Waals surface area contributed by atoms with Crippen LogP contribution in [0.15, 0.2) is 41.2 Å². The molecule has 0 aliphatic heterocycles. The summed E-state index contributed by atoms with van der Waals surface area (Å²) in [5, 5.41) is 7.18. The summed E-state index contributed by atoms with van der Waals surface area (Å²) >= 11 is 0. The van der Waals surface area contributed by atoms with Crippen LogP contribution in [-0.2, 0) is 17.8 Å². The van der Waals surface area contributed by atoms with E-state index in [2.05, 4.69) is 48.5 Å². The van der Waals surface area contributed by atoms with Gasteiger partial charge in [0, 0.05) is 18.5 Å². The zero-order chi connectivity index (χ0) is 17.8. The van der Waals surface area contributed by atoms with Crippen molar-refractivity contribution in [3.8, 4) is 0 Å². The first kappa shape index (κ1) is 17.4. The fourth-order valence-electron chi connectivity index (χ4n) is 2.78. The topological polar surface area (TPSA) is 64.0 Å². The number of carbonyl (C=O) groups is 1. The van der Waals surface area contributed by atoms with E-state index in [0.717, 1.165) is 25.0 Å². The fraction of sp³-hybridized carbons (Fsp3) is 0.450. The highest BCUT2D eigenvalue weighted by Gasteiger charge is 2.25. The van der Waals surface area contributed by atoms with E-state index in [4.69, 9.17) is 0 Å². The van der Waals surface area contributed by atoms with Crippen molar-refractivity contribution in [2.45, 2.75) is 51.5 Å². The summed E-state index contributed by atoms with van der Waals surface area (Å²) in [5.74, 6) is 0.802. The predicted molar refractivity (Wildman–Crippen MR) is 97.7 cm³/mol. The van der Waals surface area contributed by atoms with Crippen LogP contribution >= 0.6 is 0 Å². The molecule has 1 aliphatic carbocycles. The number of rotatable bonds is 7. The molecule has 1 aliphatic rings. The number of nitrogens with zero attached hydrogens (tertiary/aromatic N) is 2. The normalized spacial score (nSPS) is 13.9. The predicted octanol–water partition coefficient (Wildman–Crippen LogP) is 2.60. The van der Waals surface area contributed by atoms with Crippen LogP contribution in [0.5, 0.6) is 0 Å². The smallest absolute Gasteiger partial charge is 0.267 e. The Balaban J connectivity index is 1.49. The van der Waals surface area contributed by atoms with Crippen molar-refractivity contribution in [2.24, 2.45) is 0 Å². The fourth-order valence-corrected chi connectivity index (χ4v) is 2.78. The molecule has 0 atom stereocenters. The van der Waals surface area contributed by atoms with E-state index in [0.29, 0.717) is 18.4 Å². The first-order valence-corrected chi connectivity index (χ1v) is 8.96. The van der Waals surface area contributed by atoms with Crippen LogP contribution in [0.2, 0.25) is 0 Å². The molecule has 5 nitrogen and oxygen atoms in total. The SMILES string of the molecule is CC(C)c1ccc(CCNC(=O)Cn2nc(C3CC3)ccc2=O)cc1. The number of hydrogen-bond acceptors (Lipinski definition) is 3. The molecule has 1 aromatic heterocycles. The Labute approximate surface area is 148 Å². The summed E-state index contributed by atoms with van der Waals surface area (Å²) in [6.45, 7) is 4.87. The van der Waals surface area contributed by atoms with Gasteiger partial charge in [-0.25, -0.2) is 4.68 Å². The Morgan fingerprint density at radius 3 is 2.56 bits per heavy atom. The average molecular weight is 339 g/mol. The van der Waals surface area contributed by atoms with Gasteiger partial charge in [0.1, 0.15) is 6.54 Å². The molecule has 0 saturated heterocycles. The average Bonchev–Trinajstić information content (AvgIpc) is 3.42. The van der Waals surface area contributed by atoms with E-state index in [1.807, 2.05) is 0 Å². The van der Waals surface area contributed by atoms with Crippen molar-refractivity contribution < 1.29 is 4.79 Å². The molecule has 1 N–H and O–H groups in total. The molecule has 3 rings (SSSR count). The molecule has 1 saturated carbocycles. The van der Waals surface area contributed by atoms with Crippen molar-refractivity contribution in [3.05, 3.63) is 63.6 Å². The number of nitrogens with one attached hydrogen (secondary N) is 1. The number of hydrogen-bond donors (Lipinski definition) is 1. The Kier molecular flexibility index (Phi) is 5.31. The molecule has 5 heteroatoms. The van der Waals surface area contributed by atoms with Gasteiger partial charge in [-0.2, -0.15) is 5.10 Å². The van der Waals surface area contributed by atoms with E-state index in [9.17, 15) is 9.59 Å². The molecular formula is C20H25N3O2. The minimum atomic E-state index is -0.233. The summed E-state index contributed by atoms with van der Waals surface area (Å²) < 4.78 is 1.26. The van der Waals surface area contributed by atoms with Gasteiger partial charge < -0.3 is 5.32 Å². The van der Waals surface area contributed by atoms with Crippen LogP contribution in [0.4, 0.5) is 0 Å². The lowest BCUT2D eigenvalue weighted by Gasteiger charge is -2.09. The third kappa shape index (κ3) is 4.78. The lowest BCUT2D eigenvalue weighted by molar-refractivity contribution is -0.121. The lowest BCUT2D eigenvalue weighted by Crippen LogP contribution is -2.34. The van der Waals surface area contributed by atoms with E-state index >= 15 is 0 Å². The van der Waals surface area contributed by atoms with Crippen molar-refractivity contribution >= 4 is 5.91 Å². The van der Waals surface area contributed by atoms with Gasteiger partial charge in [0.15, 0.2) is 0 Å². The van der Waals surface area contributed by atoms with Crippen molar-refractivity contribution in [2.75, 3.05) is 6.54 Å². The van der Waals surface area contributed by atoms with E-state index in [-0.39, 0.29) is 18.0 Å². The van der Waals surface area contributed by atoms with Crippen LogP contribution in [0.1, 0.15) is 55.3 Å². The first-order chi connectivity index (χ1) is 12.0. The van der Waals surface area contributed by atoms with Crippen molar-refractivity contribution in [3.63, 3.8) is 0 Å². The molecule has 1 aromatic carbocycles. The summed E-state index contributed by atoms with van der Waals surface area (Å²) in [4.78, 5) is 23.9. The third-order valence-electron chi connectivity index (χ3n) is 4.56. The Morgan fingerprint density at radius 1 is 1.20 bits per heavy atom. The molecule has 1 heterocycles. The van der Waals surface area contributed by atoms with E-state index < -0.39 is 0 Å². The van der Waals surface area contributed by atoms with Crippen LogP contribution in [0, 0.1) is 0 Å². The molecule has 0 radical (unpaired) electrons. The van der Waals surface area contributed by atoms with Crippen LogP contribution in [0.25, 0.3) is 0 Å². The van der Waals surface area contributed by atoms with Crippen LogP contribution < -0.4 is 10.9 Å². The van der Waals surface area contributed by atoms with Gasteiger partial charge in [-0.1, -0.05) is 38.1 Å². The second-order valence-corrected chi connectivity index (χ2v) is 7.02. The van der Waals surface area contributed by atoms with Crippen molar-refractivity contribution in [1.29, 1.82) is 0 Å². The summed E-state index contributed by atoms with van der Waals surface area (Å²) in [6, 6.07) is 11.8. The van der Waals surface area contributed by atoms with Gasteiger partial charge in [-0.05, 0) is 42.4 Å². The number of benzene rings is 1. The van der Waals surface area contributed by atoms with E-state index in [1.165, 1.54) is 21.9 Å². The molecule has 0 unspecified atom stereocenters. The van der Waals surface area contributed by atoms with E-state index in [1.54, 1.807) is 6.07 Å². The monoisotopic (exact) mass is 339 g/mol. The third-order valence-corrected chi connectivity index (χ3v) is 4.56. The molecule has 0 spiro atoms. The standard InChI is InChI=1S/C20H25N3O2/c1-14(2)16-5-3-15(4-6-16)11-12-21-19(24)13-23-20(25)10-9-18(22-23)17-7-8-17/h3-6,9-10,14,17H,7-8,11-13H2,1-2H3,(H,21,24). The highest BCUT2D eigenvalue weighted by Crippen LogP contribution is 2.38. The summed E-state index contributed by atoms with van der Waals surface area (Å²) in [6.07, 6.45) is 3.01. The highest BCUT2D eigenvalue weighted by atomic mass is 16.2. The summed E-state index contributed by atoms with van der Waals surface area (Å²) in [5.41, 5.74) is 3.19. The number of carbonyl (C=O) groups excluding carboxylic acids is 1. The minimum absolute atomic E-state index is 0.0221. The Bertz CT molecular complexity index is 789. The maximum atomic E-state index is 12.1. The van der Waals surface area contributed by atoms with Crippen LogP contribution in [0.3, 0.4) is 0 Å². The quantitative estimate of drug-likeness (QED) is 0.843. The number of amides is 1. The molecule has 1 amide bonds. The number of aromatic nitrogens is 2. The second kappa shape index (κ2) is 7.64. The largest absolute Gasteiger partial charge is 0.354 e. The van der Waals surface area contributed by atoms with Gasteiger partial charge in [-0.3, -0.25) is 9.59 Å². The molecule has 2 aromatic rings. The Morgan fingerprint density at radius 2 is 1.92 bits per heavy atom. The van der Waals surface area contributed by atoms with Gasteiger partial charge in [0.25, 0.3) is 5.56 Å². The van der Waals surface area contributed by atoms with Gasteiger partial charge >= 0.3 is 0 Å². The molecule has 1 fully saturated rings. The second-order valence-electron chi connectivity index (χ2n) is 7.02. The lowest BCUT2D eigenvalue weighted by atomic mass is 10.0. The maximum absolute atomic E-state index is 12.1. The van der Waals surface area contributed by atoms with Crippen molar-refractivity contribution in [1.82, 2.24) is 15.1 Å². The molecule has 0 bridgehead atoms. The molecule has 132 valence electrons. The molecular weight excluding hydrogens is 314 g/mol.